The Bertz CT molecular complexity index is 1870. The SMILES string of the molecule is COc1ccc2nc(C(Cc3cccc(C(N)=NO)c3)NS(=O)(=O)c3cccc(NC(=O)CCCNC(=O)OC(C)(C)C)c3)sc2c1. The van der Waals surface area contributed by atoms with Crippen molar-refractivity contribution in [2.45, 2.75) is 56.6 Å². The van der Waals surface area contributed by atoms with E-state index in [0.717, 1.165) is 10.3 Å². The number of carbonyl (C=O) groups excluding carboxylic acids is 2. The number of oxime groups is 1. The van der Waals surface area contributed by atoms with Crippen molar-refractivity contribution in [1.29, 1.82) is 0 Å². The van der Waals surface area contributed by atoms with Crippen molar-refractivity contribution in [2.24, 2.45) is 10.9 Å². The number of nitrogens with one attached hydrogen (secondary N) is 3. The largest absolute Gasteiger partial charge is 0.497 e. The van der Waals surface area contributed by atoms with E-state index >= 15 is 0 Å². The Morgan fingerprint density at radius 1 is 1.09 bits per heavy atom. The van der Waals surface area contributed by atoms with E-state index in [1.54, 1.807) is 64.3 Å². The number of nitrogens with zero attached hydrogens (tertiary/aromatic N) is 2. The zero-order valence-corrected chi connectivity index (χ0v) is 28.1. The lowest BCUT2D eigenvalue weighted by atomic mass is 10.0. The zero-order valence-electron chi connectivity index (χ0n) is 26.4. The maximum atomic E-state index is 13.8. The van der Waals surface area contributed by atoms with Gasteiger partial charge >= 0.3 is 6.09 Å². The number of nitrogens with two attached hydrogens (primary N) is 1. The summed E-state index contributed by atoms with van der Waals surface area (Å²) in [7, 11) is -2.56. The number of benzene rings is 3. The number of aromatic nitrogens is 1. The van der Waals surface area contributed by atoms with E-state index in [2.05, 4.69) is 20.5 Å². The second-order valence-electron chi connectivity index (χ2n) is 11.6. The Kier molecular flexibility index (Phi) is 11.4. The number of amidine groups is 1. The number of alkyl carbamates (subject to hydrolysis) is 1. The van der Waals surface area contributed by atoms with E-state index in [1.165, 1.54) is 29.5 Å². The minimum Gasteiger partial charge on any atom is -0.497 e. The average molecular weight is 683 g/mol. The average Bonchev–Trinajstić information content (AvgIpc) is 3.45. The number of sulfonamides is 1. The van der Waals surface area contributed by atoms with Crippen molar-refractivity contribution in [1.82, 2.24) is 15.0 Å². The molecule has 0 saturated carbocycles. The van der Waals surface area contributed by atoms with Crippen molar-refractivity contribution in [2.75, 3.05) is 19.0 Å². The molecule has 3 aromatic carbocycles. The maximum absolute atomic E-state index is 13.8. The van der Waals surface area contributed by atoms with Crippen LogP contribution < -0.4 is 25.8 Å². The third-order valence-corrected chi connectivity index (χ3v) is 9.26. The summed E-state index contributed by atoms with van der Waals surface area (Å²) in [4.78, 5) is 29.0. The smallest absolute Gasteiger partial charge is 0.407 e. The molecule has 6 N–H and O–H groups in total. The van der Waals surface area contributed by atoms with Crippen LogP contribution in [-0.4, -0.2) is 55.7 Å². The number of fused-ring (bicyclic) bond motifs is 1. The number of methoxy groups -OCH3 is 1. The van der Waals surface area contributed by atoms with Gasteiger partial charge in [0.15, 0.2) is 5.84 Å². The van der Waals surface area contributed by atoms with Gasteiger partial charge in [0, 0.05) is 24.2 Å². The summed E-state index contributed by atoms with van der Waals surface area (Å²) in [5.41, 5.74) is 7.35. The summed E-state index contributed by atoms with van der Waals surface area (Å²) in [6.07, 6.45) is 0.0940. The summed E-state index contributed by atoms with van der Waals surface area (Å²) < 4.78 is 41.6. The molecule has 4 aromatic rings. The highest BCUT2D eigenvalue weighted by molar-refractivity contribution is 7.89. The minimum atomic E-state index is -4.12. The van der Waals surface area contributed by atoms with Crippen LogP contribution in [0.2, 0.25) is 0 Å². The number of rotatable bonds is 13. The van der Waals surface area contributed by atoms with Crippen molar-refractivity contribution < 1.29 is 32.7 Å². The predicted octanol–water partition coefficient (Wildman–Crippen LogP) is 4.91. The van der Waals surface area contributed by atoms with Crippen LogP contribution in [0.1, 0.15) is 55.8 Å². The molecule has 2 amide bonds. The number of thiazole rings is 1. The molecule has 13 nitrogen and oxygen atoms in total. The van der Waals surface area contributed by atoms with Gasteiger partial charge in [0.1, 0.15) is 16.4 Å². The van der Waals surface area contributed by atoms with Gasteiger partial charge in [-0.25, -0.2) is 22.9 Å². The van der Waals surface area contributed by atoms with Crippen LogP contribution in [0, 0.1) is 0 Å². The summed E-state index contributed by atoms with van der Waals surface area (Å²) in [5.74, 6) is 0.232. The van der Waals surface area contributed by atoms with E-state index in [-0.39, 0.29) is 36.0 Å². The molecule has 1 aromatic heterocycles. The first-order valence-electron chi connectivity index (χ1n) is 14.7. The number of hydrogen-bond acceptors (Lipinski definition) is 10. The molecule has 15 heteroatoms. The van der Waals surface area contributed by atoms with Gasteiger partial charge in [-0.15, -0.1) is 11.3 Å². The molecule has 0 aliphatic heterocycles. The molecule has 1 heterocycles. The van der Waals surface area contributed by atoms with Crippen molar-refractivity contribution in [3.8, 4) is 5.75 Å². The highest BCUT2D eigenvalue weighted by atomic mass is 32.2. The standard InChI is InChI=1S/C32H38N6O7S2/c1-32(2,3)45-31(40)34-15-7-12-28(39)35-22-10-6-11-24(18-22)47(42,43)38-26(17-20-8-5-9-21(16-20)29(33)37-41)30-36-25-14-13-23(44-4)19-27(25)46-30/h5-6,8-11,13-14,16,18-19,26,38,41H,7,12,15,17H2,1-4H3,(H2,33,37)(H,34,40)(H,35,39). The summed E-state index contributed by atoms with van der Waals surface area (Å²) in [6.45, 7) is 5.51. The molecule has 0 radical (unpaired) electrons. The van der Waals surface area contributed by atoms with Crippen LogP contribution in [-0.2, 0) is 26.0 Å². The van der Waals surface area contributed by atoms with Crippen LogP contribution in [0.3, 0.4) is 0 Å². The zero-order chi connectivity index (χ0) is 34.2. The summed E-state index contributed by atoms with van der Waals surface area (Å²) in [5, 5.41) is 18.0. The van der Waals surface area contributed by atoms with E-state index in [1.807, 2.05) is 12.1 Å². The van der Waals surface area contributed by atoms with E-state index in [9.17, 15) is 18.0 Å². The molecule has 4 rings (SSSR count). The third-order valence-electron chi connectivity index (χ3n) is 6.65. The van der Waals surface area contributed by atoms with Gasteiger partial charge in [-0.3, -0.25) is 4.79 Å². The highest BCUT2D eigenvalue weighted by Crippen LogP contribution is 2.32. The first kappa shape index (κ1) is 35.1. The van der Waals surface area contributed by atoms with E-state index in [0.29, 0.717) is 33.9 Å². The van der Waals surface area contributed by atoms with Crippen LogP contribution >= 0.6 is 11.3 Å². The number of hydrogen-bond donors (Lipinski definition) is 5. The molecule has 47 heavy (non-hydrogen) atoms. The topological polar surface area (TPSA) is 194 Å². The molecule has 1 unspecified atom stereocenters. The molecule has 0 spiro atoms. The van der Waals surface area contributed by atoms with Crippen LogP contribution in [0.5, 0.6) is 5.75 Å². The predicted molar refractivity (Wildman–Crippen MR) is 180 cm³/mol. The number of anilines is 1. The number of amides is 2. The first-order chi connectivity index (χ1) is 22.3. The Morgan fingerprint density at radius 2 is 1.85 bits per heavy atom. The Labute approximate surface area is 277 Å². The molecular formula is C32H38N6O7S2. The molecule has 0 fully saturated rings. The monoisotopic (exact) mass is 682 g/mol. The van der Waals surface area contributed by atoms with Crippen LogP contribution in [0.15, 0.2) is 76.8 Å². The Balaban J connectivity index is 1.51. The van der Waals surface area contributed by atoms with Crippen LogP contribution in [0.25, 0.3) is 10.2 Å². The van der Waals surface area contributed by atoms with Crippen LogP contribution in [0.4, 0.5) is 10.5 Å². The summed E-state index contributed by atoms with van der Waals surface area (Å²) in [6, 6.07) is 17.5. The lowest BCUT2D eigenvalue weighted by molar-refractivity contribution is -0.116. The number of carbonyl (C=O) groups is 2. The second kappa shape index (κ2) is 15.2. The van der Waals surface area contributed by atoms with E-state index in [4.69, 9.17) is 25.4 Å². The van der Waals surface area contributed by atoms with Gasteiger partial charge in [0.25, 0.3) is 0 Å². The second-order valence-corrected chi connectivity index (χ2v) is 14.3. The van der Waals surface area contributed by atoms with E-state index < -0.39 is 27.8 Å². The van der Waals surface area contributed by atoms with Crippen molar-refractivity contribution in [3.05, 3.63) is 82.9 Å². The molecule has 250 valence electrons. The third kappa shape index (κ3) is 10.1. The van der Waals surface area contributed by atoms with Crippen molar-refractivity contribution in [3.63, 3.8) is 0 Å². The fourth-order valence-corrected chi connectivity index (χ4v) is 6.87. The normalized spacial score (nSPS) is 12.8. The molecule has 0 bridgehead atoms. The Hall–Kier alpha value is -4.73. The molecule has 0 aliphatic rings. The molecule has 0 aliphatic carbocycles. The molecule has 0 saturated heterocycles. The Morgan fingerprint density at radius 3 is 2.57 bits per heavy atom. The fraction of sp³-hybridized carbons (Fsp3) is 0.312. The van der Waals surface area contributed by atoms with Gasteiger partial charge < -0.3 is 31.0 Å². The number of ether oxygens (including phenoxy) is 2. The first-order valence-corrected chi connectivity index (χ1v) is 17.0. The van der Waals surface area contributed by atoms with Gasteiger partial charge in [-0.1, -0.05) is 29.4 Å². The lowest BCUT2D eigenvalue weighted by Gasteiger charge is -2.19. The fourth-order valence-electron chi connectivity index (χ4n) is 4.50. The lowest BCUT2D eigenvalue weighted by Crippen LogP contribution is -2.33. The summed E-state index contributed by atoms with van der Waals surface area (Å²) >= 11 is 1.33. The van der Waals surface area contributed by atoms with Gasteiger partial charge in [0.05, 0.1) is 28.3 Å². The molecular weight excluding hydrogens is 645 g/mol. The van der Waals surface area contributed by atoms with Gasteiger partial charge in [-0.05, 0) is 81.6 Å². The highest BCUT2D eigenvalue weighted by Gasteiger charge is 2.26. The maximum Gasteiger partial charge on any atom is 0.407 e. The van der Waals surface area contributed by atoms with Gasteiger partial charge in [0.2, 0.25) is 15.9 Å². The van der Waals surface area contributed by atoms with Crippen molar-refractivity contribution >= 4 is 55.1 Å². The molecule has 1 atom stereocenters. The van der Waals surface area contributed by atoms with Gasteiger partial charge in [-0.2, -0.15) is 0 Å². The quantitative estimate of drug-likeness (QED) is 0.0428. The minimum absolute atomic E-state index is 0.0555.